The molecule has 0 bridgehead atoms. The van der Waals surface area contributed by atoms with Gasteiger partial charge >= 0.3 is 5.97 Å². The molecule has 3 rings (SSSR count). The van der Waals surface area contributed by atoms with Crippen LogP contribution in [0.25, 0.3) is 10.8 Å². The molecule has 1 atom stereocenters. The van der Waals surface area contributed by atoms with E-state index < -0.39 is 0 Å². The number of esters is 1. The van der Waals surface area contributed by atoms with Crippen LogP contribution in [0.5, 0.6) is 11.5 Å². The van der Waals surface area contributed by atoms with Gasteiger partial charge in [-0.25, -0.2) is 0 Å². The maximum absolute atomic E-state index is 12.0. The average Bonchev–Trinajstić information content (AvgIpc) is 2.65. The highest BCUT2D eigenvalue weighted by Crippen LogP contribution is 2.44. The molecular formula is C18H22N2O4. The number of anilines is 1. The number of carbonyl (C=O) groups excluding carboxylic acids is 1. The van der Waals surface area contributed by atoms with Gasteiger partial charge in [0, 0.05) is 36.3 Å². The Bertz CT molecular complexity index is 747. The normalized spacial score (nSPS) is 17.6. The van der Waals surface area contributed by atoms with E-state index in [0.29, 0.717) is 18.0 Å². The quantitative estimate of drug-likeness (QED) is 0.803. The van der Waals surface area contributed by atoms with Gasteiger partial charge in [0.1, 0.15) is 0 Å². The van der Waals surface area contributed by atoms with Crippen LogP contribution >= 0.6 is 0 Å². The zero-order valence-corrected chi connectivity index (χ0v) is 14.2. The van der Waals surface area contributed by atoms with E-state index in [2.05, 4.69) is 9.88 Å². The third-order valence-electron chi connectivity index (χ3n) is 4.53. The number of rotatable bonds is 4. The van der Waals surface area contributed by atoms with Crippen LogP contribution in [0.2, 0.25) is 0 Å². The average molecular weight is 330 g/mol. The second kappa shape index (κ2) is 6.95. The number of ether oxygens (including phenoxy) is 3. The molecule has 1 saturated heterocycles. The van der Waals surface area contributed by atoms with Crippen molar-refractivity contribution in [3.8, 4) is 11.5 Å². The molecule has 1 unspecified atom stereocenters. The molecule has 1 aliphatic heterocycles. The molecule has 6 nitrogen and oxygen atoms in total. The van der Waals surface area contributed by atoms with Gasteiger partial charge in [0.25, 0.3) is 0 Å². The van der Waals surface area contributed by atoms with Crippen molar-refractivity contribution in [2.45, 2.75) is 12.8 Å². The van der Waals surface area contributed by atoms with E-state index in [1.54, 1.807) is 20.4 Å². The minimum absolute atomic E-state index is 0.128. The molecule has 1 aliphatic rings. The summed E-state index contributed by atoms with van der Waals surface area (Å²) in [4.78, 5) is 18.4. The fourth-order valence-electron chi connectivity index (χ4n) is 3.39. The lowest BCUT2D eigenvalue weighted by atomic mass is 9.96. The fourth-order valence-corrected chi connectivity index (χ4v) is 3.39. The smallest absolute Gasteiger partial charge is 0.310 e. The molecule has 1 aromatic heterocycles. The first-order valence-corrected chi connectivity index (χ1v) is 8.01. The Balaban J connectivity index is 2.11. The van der Waals surface area contributed by atoms with Crippen LogP contribution in [-0.4, -0.2) is 45.4 Å². The molecule has 6 heteroatoms. The lowest BCUT2D eigenvalue weighted by Gasteiger charge is -2.35. The standard InChI is InChI=1S/C18H22N2O4/c1-22-15-9-13-10-19-7-6-14(13)16(17(15)23-2)20-8-4-5-12(11-20)18(21)24-3/h6-7,9-10,12H,4-5,8,11H2,1-3H3. The molecule has 2 heterocycles. The van der Waals surface area contributed by atoms with Crippen LogP contribution in [0, 0.1) is 5.92 Å². The molecule has 0 spiro atoms. The maximum Gasteiger partial charge on any atom is 0.310 e. The molecule has 0 N–H and O–H groups in total. The Morgan fingerprint density at radius 3 is 2.83 bits per heavy atom. The minimum Gasteiger partial charge on any atom is -0.493 e. The first-order chi connectivity index (χ1) is 11.7. The molecule has 0 aliphatic carbocycles. The van der Waals surface area contributed by atoms with E-state index >= 15 is 0 Å². The number of nitrogens with zero attached hydrogens (tertiary/aromatic N) is 2. The molecule has 0 amide bonds. The van der Waals surface area contributed by atoms with Crippen molar-refractivity contribution in [1.29, 1.82) is 0 Å². The van der Waals surface area contributed by atoms with Gasteiger partial charge < -0.3 is 19.1 Å². The number of hydrogen-bond donors (Lipinski definition) is 0. The summed E-state index contributed by atoms with van der Waals surface area (Å²) in [5.41, 5.74) is 0.947. The van der Waals surface area contributed by atoms with E-state index in [1.165, 1.54) is 7.11 Å². The highest BCUT2D eigenvalue weighted by molar-refractivity contribution is 5.99. The molecule has 24 heavy (non-hydrogen) atoms. The number of benzene rings is 1. The maximum atomic E-state index is 12.0. The molecular weight excluding hydrogens is 308 g/mol. The summed E-state index contributed by atoms with van der Waals surface area (Å²) in [5, 5.41) is 2.01. The number of piperidine rings is 1. The summed E-state index contributed by atoms with van der Waals surface area (Å²) >= 11 is 0. The molecule has 2 aromatic rings. The van der Waals surface area contributed by atoms with Gasteiger partial charge in [-0.05, 0) is 25.0 Å². The predicted molar refractivity (Wildman–Crippen MR) is 91.8 cm³/mol. The Hall–Kier alpha value is -2.50. The molecule has 1 aromatic carbocycles. The minimum atomic E-state index is -0.160. The van der Waals surface area contributed by atoms with Crippen LogP contribution in [0.3, 0.4) is 0 Å². The summed E-state index contributed by atoms with van der Waals surface area (Å²) in [7, 11) is 4.70. The van der Waals surface area contributed by atoms with Crippen molar-refractivity contribution in [3.63, 3.8) is 0 Å². The Kier molecular flexibility index (Phi) is 4.74. The number of carbonyl (C=O) groups is 1. The van der Waals surface area contributed by atoms with Gasteiger partial charge in [0.05, 0.1) is 32.9 Å². The van der Waals surface area contributed by atoms with Crippen molar-refractivity contribution < 1.29 is 19.0 Å². The predicted octanol–water partition coefficient (Wildman–Crippen LogP) is 2.64. The third kappa shape index (κ3) is 2.84. The zero-order chi connectivity index (χ0) is 17.1. The third-order valence-corrected chi connectivity index (χ3v) is 4.53. The van der Waals surface area contributed by atoms with Crippen LogP contribution in [0.4, 0.5) is 5.69 Å². The Morgan fingerprint density at radius 1 is 1.29 bits per heavy atom. The van der Waals surface area contributed by atoms with Gasteiger partial charge in [-0.1, -0.05) is 0 Å². The van der Waals surface area contributed by atoms with E-state index in [4.69, 9.17) is 14.2 Å². The van der Waals surface area contributed by atoms with Gasteiger partial charge in [0.2, 0.25) is 0 Å². The fraction of sp³-hybridized carbons (Fsp3) is 0.444. The first-order valence-electron chi connectivity index (χ1n) is 8.01. The molecule has 128 valence electrons. The number of aromatic nitrogens is 1. The van der Waals surface area contributed by atoms with E-state index in [-0.39, 0.29) is 11.9 Å². The molecule has 1 fully saturated rings. The summed E-state index contributed by atoms with van der Waals surface area (Å²) in [6.45, 7) is 1.46. The van der Waals surface area contributed by atoms with Crippen molar-refractivity contribution in [2.24, 2.45) is 5.92 Å². The van der Waals surface area contributed by atoms with Gasteiger partial charge in [0.15, 0.2) is 11.5 Å². The van der Waals surface area contributed by atoms with E-state index in [9.17, 15) is 4.79 Å². The lowest BCUT2D eigenvalue weighted by Crippen LogP contribution is -2.39. The summed E-state index contributed by atoms with van der Waals surface area (Å²) in [6.07, 6.45) is 5.34. The van der Waals surface area contributed by atoms with Crippen molar-refractivity contribution in [3.05, 3.63) is 24.5 Å². The Labute approximate surface area is 141 Å². The first kappa shape index (κ1) is 16.4. The van der Waals surface area contributed by atoms with E-state index in [0.717, 1.165) is 35.8 Å². The molecule has 0 saturated carbocycles. The Morgan fingerprint density at radius 2 is 2.12 bits per heavy atom. The van der Waals surface area contributed by atoms with Crippen molar-refractivity contribution in [2.75, 3.05) is 39.3 Å². The van der Waals surface area contributed by atoms with Crippen LogP contribution in [-0.2, 0) is 9.53 Å². The SMILES string of the molecule is COC(=O)C1CCCN(c2c(OC)c(OC)cc3cnccc23)C1. The summed E-state index contributed by atoms with van der Waals surface area (Å²) in [6, 6.07) is 3.89. The second-order valence-corrected chi connectivity index (χ2v) is 5.87. The summed E-state index contributed by atoms with van der Waals surface area (Å²) in [5.74, 6) is 1.05. The van der Waals surface area contributed by atoms with Crippen LogP contribution in [0.1, 0.15) is 12.8 Å². The second-order valence-electron chi connectivity index (χ2n) is 5.87. The van der Waals surface area contributed by atoms with Gasteiger partial charge in [-0.3, -0.25) is 9.78 Å². The highest BCUT2D eigenvalue weighted by Gasteiger charge is 2.30. The zero-order valence-electron chi connectivity index (χ0n) is 14.2. The number of fused-ring (bicyclic) bond motifs is 1. The highest BCUT2D eigenvalue weighted by atomic mass is 16.5. The van der Waals surface area contributed by atoms with Crippen LogP contribution in [0.15, 0.2) is 24.5 Å². The van der Waals surface area contributed by atoms with Gasteiger partial charge in [-0.15, -0.1) is 0 Å². The topological polar surface area (TPSA) is 60.9 Å². The van der Waals surface area contributed by atoms with E-state index in [1.807, 2.05) is 18.3 Å². The number of pyridine rings is 1. The number of hydrogen-bond acceptors (Lipinski definition) is 6. The van der Waals surface area contributed by atoms with Crippen LogP contribution < -0.4 is 14.4 Å². The largest absolute Gasteiger partial charge is 0.493 e. The van der Waals surface area contributed by atoms with Crippen molar-refractivity contribution >= 4 is 22.4 Å². The lowest BCUT2D eigenvalue weighted by molar-refractivity contribution is -0.145. The number of methoxy groups -OCH3 is 3. The van der Waals surface area contributed by atoms with Crippen molar-refractivity contribution in [1.82, 2.24) is 4.98 Å². The molecule has 0 radical (unpaired) electrons. The summed E-state index contributed by atoms with van der Waals surface area (Å²) < 4.78 is 16.1. The monoisotopic (exact) mass is 330 g/mol. The van der Waals surface area contributed by atoms with Gasteiger partial charge in [-0.2, -0.15) is 0 Å².